The van der Waals surface area contributed by atoms with E-state index in [1.54, 1.807) is 7.11 Å². The van der Waals surface area contributed by atoms with Crippen LogP contribution in [-0.2, 0) is 16.4 Å². The molecule has 26 heavy (non-hydrogen) atoms. The highest BCUT2D eigenvalue weighted by atomic mass is 32.2. The van der Waals surface area contributed by atoms with Gasteiger partial charge in [0.1, 0.15) is 5.75 Å². The lowest BCUT2D eigenvalue weighted by Gasteiger charge is -2.31. The molecule has 0 radical (unpaired) electrons. The Balaban J connectivity index is 1.78. The maximum Gasteiger partial charge on any atom is 0.174 e. The molecule has 1 aliphatic heterocycles. The van der Waals surface area contributed by atoms with E-state index in [2.05, 4.69) is 5.32 Å². The normalized spacial score (nSPS) is 18.3. The topological polar surface area (TPSA) is 58.6 Å². The van der Waals surface area contributed by atoms with Crippen molar-refractivity contribution in [2.24, 2.45) is 0 Å². The zero-order valence-corrected chi connectivity index (χ0v) is 16.2. The van der Waals surface area contributed by atoms with Gasteiger partial charge in [0.05, 0.1) is 18.6 Å². The van der Waals surface area contributed by atoms with Crippen LogP contribution in [0.15, 0.2) is 54.6 Å². The fraction of sp³-hybridized carbons (Fsp3) is 0.316. The first-order valence-corrected chi connectivity index (χ1v) is 10.7. The lowest BCUT2D eigenvalue weighted by atomic mass is 10.1. The Labute approximate surface area is 159 Å². The predicted octanol–water partition coefficient (Wildman–Crippen LogP) is 3.08. The van der Waals surface area contributed by atoms with Gasteiger partial charge in [-0.25, -0.2) is 8.42 Å². The van der Waals surface area contributed by atoms with Crippen LogP contribution < -0.4 is 10.1 Å². The summed E-state index contributed by atoms with van der Waals surface area (Å²) in [6.07, 6.45) is 0.597. The minimum absolute atomic E-state index is 0.113. The molecule has 0 amide bonds. The molecule has 0 bridgehead atoms. The van der Waals surface area contributed by atoms with Crippen LogP contribution in [-0.4, -0.2) is 43.1 Å². The molecule has 1 saturated heterocycles. The summed E-state index contributed by atoms with van der Waals surface area (Å²) in [6.45, 7) is 0.572. The van der Waals surface area contributed by atoms with Crippen LogP contribution in [0.4, 0.5) is 5.69 Å². The molecule has 1 aliphatic rings. The number of nitrogens with zero attached hydrogens (tertiary/aromatic N) is 1. The predicted molar refractivity (Wildman–Crippen MR) is 108 cm³/mol. The number of rotatable bonds is 5. The number of ether oxygens (including phenoxy) is 1. The summed E-state index contributed by atoms with van der Waals surface area (Å²) in [5, 5.41) is 3.75. The SMILES string of the molecule is COc1ccc(NC(=S)N(Cc2ccccc2)[C@H]2CCS(=O)(=O)C2)cc1. The number of hydrogen-bond acceptors (Lipinski definition) is 4. The molecule has 0 aromatic heterocycles. The van der Waals surface area contributed by atoms with Crippen molar-refractivity contribution in [3.05, 3.63) is 60.2 Å². The molecule has 2 aromatic rings. The monoisotopic (exact) mass is 390 g/mol. The van der Waals surface area contributed by atoms with Crippen LogP contribution in [0.1, 0.15) is 12.0 Å². The Morgan fingerprint density at radius 3 is 2.46 bits per heavy atom. The van der Waals surface area contributed by atoms with Crippen LogP contribution in [0.5, 0.6) is 5.75 Å². The Kier molecular flexibility index (Phi) is 5.78. The van der Waals surface area contributed by atoms with Crippen LogP contribution >= 0.6 is 12.2 Å². The van der Waals surface area contributed by atoms with E-state index in [-0.39, 0.29) is 17.5 Å². The van der Waals surface area contributed by atoms with Gasteiger partial charge in [-0.2, -0.15) is 0 Å². The van der Waals surface area contributed by atoms with Gasteiger partial charge >= 0.3 is 0 Å². The summed E-state index contributed by atoms with van der Waals surface area (Å²) in [5.41, 5.74) is 1.94. The van der Waals surface area contributed by atoms with Crippen LogP contribution in [0.25, 0.3) is 0 Å². The van der Waals surface area contributed by atoms with Gasteiger partial charge in [0.15, 0.2) is 14.9 Å². The molecule has 0 unspecified atom stereocenters. The zero-order valence-electron chi connectivity index (χ0n) is 14.6. The molecule has 1 heterocycles. The van der Waals surface area contributed by atoms with Crippen molar-refractivity contribution >= 4 is 32.9 Å². The molecule has 7 heteroatoms. The lowest BCUT2D eigenvalue weighted by Crippen LogP contribution is -2.42. The summed E-state index contributed by atoms with van der Waals surface area (Å²) < 4.78 is 29.1. The van der Waals surface area contributed by atoms with Crippen molar-refractivity contribution in [2.75, 3.05) is 23.9 Å². The van der Waals surface area contributed by atoms with Gasteiger partial charge < -0.3 is 15.0 Å². The highest BCUT2D eigenvalue weighted by molar-refractivity contribution is 7.91. The molecule has 5 nitrogen and oxygen atoms in total. The molecular weight excluding hydrogens is 368 g/mol. The van der Waals surface area contributed by atoms with E-state index in [0.717, 1.165) is 17.0 Å². The molecule has 0 saturated carbocycles. The molecule has 0 aliphatic carbocycles. The third kappa shape index (κ3) is 4.74. The van der Waals surface area contributed by atoms with E-state index < -0.39 is 9.84 Å². The Morgan fingerprint density at radius 2 is 1.88 bits per heavy atom. The highest BCUT2D eigenvalue weighted by Gasteiger charge is 2.33. The largest absolute Gasteiger partial charge is 0.497 e. The summed E-state index contributed by atoms with van der Waals surface area (Å²) in [7, 11) is -1.37. The standard InChI is InChI=1S/C19H22N2O3S2/c1-24-18-9-7-16(8-10-18)20-19(25)21(13-15-5-3-2-4-6-15)17-11-12-26(22,23)14-17/h2-10,17H,11-14H2,1H3,(H,20,25)/t17-/m0/s1. The number of thiocarbonyl (C=S) groups is 1. The highest BCUT2D eigenvalue weighted by Crippen LogP contribution is 2.22. The molecule has 1 N–H and O–H groups in total. The van der Waals surface area contributed by atoms with Crippen molar-refractivity contribution in [3.8, 4) is 5.75 Å². The zero-order chi connectivity index (χ0) is 18.6. The maximum atomic E-state index is 11.9. The summed E-state index contributed by atoms with van der Waals surface area (Å²) in [6, 6.07) is 17.3. The van der Waals surface area contributed by atoms with Gasteiger partial charge in [-0.1, -0.05) is 30.3 Å². The second kappa shape index (κ2) is 8.05. The quantitative estimate of drug-likeness (QED) is 0.792. The number of sulfone groups is 1. The molecule has 1 atom stereocenters. The third-order valence-electron chi connectivity index (χ3n) is 4.45. The van der Waals surface area contributed by atoms with Crippen LogP contribution in [0.2, 0.25) is 0 Å². The van der Waals surface area contributed by atoms with E-state index in [9.17, 15) is 8.42 Å². The van der Waals surface area contributed by atoms with Crippen LogP contribution in [0.3, 0.4) is 0 Å². The fourth-order valence-corrected chi connectivity index (χ4v) is 5.10. The number of benzene rings is 2. The minimum atomic E-state index is -2.99. The maximum absolute atomic E-state index is 11.9. The van der Waals surface area contributed by atoms with E-state index in [1.165, 1.54) is 0 Å². The van der Waals surface area contributed by atoms with Gasteiger partial charge in [0.25, 0.3) is 0 Å². The average Bonchev–Trinajstić information content (AvgIpc) is 3.00. The fourth-order valence-electron chi connectivity index (χ4n) is 3.04. The number of hydrogen-bond donors (Lipinski definition) is 1. The molecule has 2 aromatic carbocycles. The first-order valence-electron chi connectivity index (χ1n) is 8.43. The minimum Gasteiger partial charge on any atom is -0.497 e. The Hall–Kier alpha value is -2.12. The summed E-state index contributed by atoms with van der Waals surface area (Å²) >= 11 is 5.62. The van der Waals surface area contributed by atoms with E-state index in [4.69, 9.17) is 17.0 Å². The molecule has 138 valence electrons. The summed E-state index contributed by atoms with van der Waals surface area (Å²) in [4.78, 5) is 1.99. The number of anilines is 1. The number of nitrogens with one attached hydrogen (secondary N) is 1. The van der Waals surface area contributed by atoms with Gasteiger partial charge in [-0.15, -0.1) is 0 Å². The van der Waals surface area contributed by atoms with Crippen LogP contribution in [0, 0.1) is 0 Å². The van der Waals surface area contributed by atoms with Crippen molar-refractivity contribution in [2.45, 2.75) is 19.0 Å². The van der Waals surface area contributed by atoms with Crippen molar-refractivity contribution in [1.29, 1.82) is 0 Å². The van der Waals surface area contributed by atoms with Gasteiger partial charge in [0.2, 0.25) is 0 Å². The second-order valence-corrected chi connectivity index (χ2v) is 8.94. The molecule has 0 spiro atoms. The molecular formula is C19H22N2O3S2. The summed E-state index contributed by atoms with van der Waals surface area (Å²) in [5.74, 6) is 1.13. The average molecular weight is 391 g/mol. The second-order valence-electron chi connectivity index (χ2n) is 6.33. The Morgan fingerprint density at radius 1 is 1.19 bits per heavy atom. The Bertz CT molecular complexity index is 852. The third-order valence-corrected chi connectivity index (χ3v) is 6.53. The van der Waals surface area contributed by atoms with Gasteiger partial charge in [-0.05, 0) is 48.5 Å². The van der Waals surface area contributed by atoms with E-state index >= 15 is 0 Å². The first kappa shape index (κ1) is 18.7. The molecule has 3 rings (SSSR count). The van der Waals surface area contributed by atoms with Gasteiger partial charge in [0, 0.05) is 18.3 Å². The smallest absolute Gasteiger partial charge is 0.174 e. The van der Waals surface area contributed by atoms with E-state index in [1.807, 2.05) is 59.5 Å². The lowest BCUT2D eigenvalue weighted by molar-refractivity contribution is 0.332. The van der Waals surface area contributed by atoms with Crippen molar-refractivity contribution in [3.63, 3.8) is 0 Å². The number of methoxy groups -OCH3 is 1. The van der Waals surface area contributed by atoms with Crippen molar-refractivity contribution in [1.82, 2.24) is 4.90 Å². The van der Waals surface area contributed by atoms with E-state index in [0.29, 0.717) is 18.1 Å². The van der Waals surface area contributed by atoms with Gasteiger partial charge in [-0.3, -0.25) is 0 Å². The first-order chi connectivity index (χ1) is 12.5. The van der Waals surface area contributed by atoms with Crippen molar-refractivity contribution < 1.29 is 13.2 Å². The molecule has 1 fully saturated rings.